The number of thiophene rings is 1. The lowest BCUT2D eigenvalue weighted by atomic mass is 9.43. The first-order chi connectivity index (χ1) is 36.0. The molecule has 0 unspecified atom stereocenters. The second-order valence-electron chi connectivity index (χ2n) is 26.6. The van der Waals surface area contributed by atoms with Crippen molar-refractivity contribution in [3.8, 4) is 22.3 Å². The lowest BCUT2D eigenvalue weighted by Gasteiger charge is -2.47. The summed E-state index contributed by atoms with van der Waals surface area (Å²) in [6.07, 6.45) is 2.32. The summed E-state index contributed by atoms with van der Waals surface area (Å²) in [4.78, 5) is 7.89. The van der Waals surface area contributed by atoms with Crippen molar-refractivity contribution >= 4 is 84.0 Å². The first kappa shape index (κ1) is 50.0. The molecule has 5 heteroatoms. The fourth-order valence-corrected chi connectivity index (χ4v) is 13.9. The molecule has 0 bridgehead atoms. The van der Waals surface area contributed by atoms with Crippen LogP contribution in [0.2, 0.25) is 0 Å². The van der Waals surface area contributed by atoms with Crippen LogP contribution in [0.15, 0.2) is 170 Å². The Morgan fingerprint density at radius 3 is 1.68 bits per heavy atom. The van der Waals surface area contributed by atoms with Crippen LogP contribution in [0.1, 0.15) is 136 Å². The van der Waals surface area contributed by atoms with Gasteiger partial charge in [-0.15, -0.1) is 11.3 Å². The maximum atomic E-state index is 2.76. The smallest absolute Gasteiger partial charge is 0.334 e. The highest BCUT2D eigenvalue weighted by Gasteiger charge is 2.48. The number of fused-ring (bicyclic) bond motifs is 7. The van der Waals surface area contributed by atoms with E-state index in [2.05, 4.69) is 281 Å². The van der Waals surface area contributed by atoms with Crippen LogP contribution in [-0.4, -0.2) is 6.85 Å². The van der Waals surface area contributed by atoms with Gasteiger partial charge in [-0.05, 0) is 180 Å². The maximum Gasteiger partial charge on any atom is 0.334 e. The topological polar surface area (TPSA) is 9.72 Å². The number of hydrogen-bond acceptors (Lipinski definition) is 4. The second-order valence-corrected chi connectivity index (χ2v) is 27.7. The molecule has 0 N–H and O–H groups in total. The Hall–Kier alpha value is -6.82. The summed E-state index contributed by atoms with van der Waals surface area (Å²) in [7, 11) is 0. The fraction of sp³-hybridized carbons (Fsp3) is 0.296. The Morgan fingerprint density at radius 1 is 0.474 bits per heavy atom. The molecule has 76 heavy (non-hydrogen) atoms. The summed E-state index contributed by atoms with van der Waals surface area (Å²) in [6, 6.07) is 65.9. The minimum absolute atomic E-state index is 0.0212. The van der Waals surface area contributed by atoms with Crippen LogP contribution in [0.4, 0.5) is 44.8 Å². The average molecular weight is 1010 g/mol. The normalized spacial score (nSPS) is 15.5. The van der Waals surface area contributed by atoms with Crippen LogP contribution in [-0.2, 0) is 27.1 Å². The molecule has 9 aromatic rings. The van der Waals surface area contributed by atoms with Crippen molar-refractivity contribution in [1.29, 1.82) is 0 Å². The van der Waals surface area contributed by atoms with Gasteiger partial charge in [0.1, 0.15) is 0 Å². The fourth-order valence-electron chi connectivity index (χ4n) is 12.7. The predicted octanol–water partition coefficient (Wildman–Crippen LogP) is 19.3. The van der Waals surface area contributed by atoms with Crippen molar-refractivity contribution in [2.75, 3.05) is 14.6 Å². The van der Waals surface area contributed by atoms with E-state index in [1.54, 1.807) is 0 Å². The van der Waals surface area contributed by atoms with Gasteiger partial charge in [0.2, 0.25) is 0 Å². The number of nitrogens with zero attached hydrogens (tertiary/aromatic N) is 3. The average Bonchev–Trinajstić information content (AvgIpc) is 3.97. The highest BCUT2D eigenvalue weighted by molar-refractivity contribution is 7.26. The minimum Gasteiger partial charge on any atom is -0.376 e. The molecular weight excluding hydrogens is 938 g/mol. The summed E-state index contributed by atoms with van der Waals surface area (Å²) in [5.74, 6) is 0. The quantitative estimate of drug-likeness (QED) is 0.154. The van der Waals surface area contributed by atoms with Gasteiger partial charge in [0.25, 0.3) is 0 Å². The molecular formula is C71H74BN3S. The zero-order valence-corrected chi connectivity index (χ0v) is 48.2. The lowest BCUT2D eigenvalue weighted by Crippen LogP contribution is -2.61. The van der Waals surface area contributed by atoms with Crippen LogP contribution in [0.5, 0.6) is 0 Å². The molecule has 0 radical (unpaired) electrons. The molecule has 12 rings (SSSR count). The highest BCUT2D eigenvalue weighted by atomic mass is 32.1. The number of aryl methyl sites for hydroxylation is 1. The maximum absolute atomic E-state index is 2.76. The molecule has 1 aromatic heterocycles. The first-order valence-electron chi connectivity index (χ1n) is 27.7. The largest absolute Gasteiger partial charge is 0.376 e. The van der Waals surface area contributed by atoms with Crippen molar-refractivity contribution in [2.24, 2.45) is 0 Å². The van der Waals surface area contributed by atoms with Crippen molar-refractivity contribution in [3.63, 3.8) is 0 Å². The van der Waals surface area contributed by atoms with Crippen LogP contribution in [0, 0.1) is 6.92 Å². The standard InChI is InChI=1S/C71H74BN3S/c1-45-40-57-54-35-33-52(73(50-29-24-47(25-30-50)67(2,3)4)51-31-26-48(27-32-51)68(5,6)7)44-61(54)75(53-34-36-58-59(43-53)71(13,14)39-38-70(58,11)12)72-64(57)62(41-45)74(66-65(72)55-22-18-19-23-63(55)76-66)60-37-28-49(69(8,9)10)42-56(60)46-20-16-15-17-21-46/h15-37,40-44H,38-39H2,1-14H3. The zero-order valence-electron chi connectivity index (χ0n) is 47.4. The van der Waals surface area contributed by atoms with Crippen LogP contribution < -0.4 is 25.5 Å². The number of anilines is 8. The Morgan fingerprint density at radius 2 is 1.05 bits per heavy atom. The van der Waals surface area contributed by atoms with Crippen molar-refractivity contribution in [3.05, 3.63) is 203 Å². The van der Waals surface area contributed by atoms with Gasteiger partial charge in [-0.1, -0.05) is 187 Å². The molecule has 0 spiro atoms. The molecule has 0 atom stereocenters. The summed E-state index contributed by atoms with van der Waals surface area (Å²) in [6.45, 7) is 32.8. The van der Waals surface area contributed by atoms with Gasteiger partial charge in [-0.2, -0.15) is 0 Å². The van der Waals surface area contributed by atoms with E-state index in [1.807, 2.05) is 11.3 Å². The third-order valence-corrected chi connectivity index (χ3v) is 18.4. The van der Waals surface area contributed by atoms with Gasteiger partial charge in [0.05, 0.1) is 10.7 Å². The van der Waals surface area contributed by atoms with E-state index in [1.165, 1.54) is 111 Å². The third kappa shape index (κ3) is 8.31. The molecule has 3 heterocycles. The molecule has 382 valence electrons. The molecule has 2 aliphatic heterocycles. The van der Waals surface area contributed by atoms with Gasteiger partial charge in [-0.25, -0.2) is 0 Å². The van der Waals surface area contributed by atoms with E-state index >= 15 is 0 Å². The van der Waals surface area contributed by atoms with E-state index in [0.29, 0.717) is 0 Å². The van der Waals surface area contributed by atoms with E-state index in [4.69, 9.17) is 0 Å². The number of hydrogen-bond donors (Lipinski definition) is 0. The van der Waals surface area contributed by atoms with E-state index in [0.717, 1.165) is 23.5 Å². The molecule has 0 fully saturated rings. The Balaban J connectivity index is 1.17. The Labute approximate surface area is 458 Å². The summed E-state index contributed by atoms with van der Waals surface area (Å²) >= 11 is 1.93. The predicted molar refractivity (Wildman–Crippen MR) is 332 cm³/mol. The zero-order chi connectivity index (χ0) is 53.4. The van der Waals surface area contributed by atoms with Crippen molar-refractivity contribution in [1.82, 2.24) is 0 Å². The number of rotatable bonds is 6. The van der Waals surface area contributed by atoms with E-state index in [-0.39, 0.29) is 33.9 Å². The summed E-state index contributed by atoms with van der Waals surface area (Å²) in [5, 5.41) is 2.59. The lowest BCUT2D eigenvalue weighted by molar-refractivity contribution is 0.332. The first-order valence-corrected chi connectivity index (χ1v) is 28.6. The Kier molecular flexibility index (Phi) is 11.6. The molecule has 1 aliphatic carbocycles. The van der Waals surface area contributed by atoms with Crippen LogP contribution in [0.3, 0.4) is 0 Å². The Bertz CT molecular complexity index is 3670. The second kappa shape index (κ2) is 17.6. The molecule has 8 aromatic carbocycles. The van der Waals surface area contributed by atoms with Gasteiger partial charge in [0.15, 0.2) is 0 Å². The minimum atomic E-state index is -0.131. The molecule has 3 nitrogen and oxygen atoms in total. The molecule has 3 aliphatic rings. The van der Waals surface area contributed by atoms with Gasteiger partial charge >= 0.3 is 6.85 Å². The molecule has 0 saturated carbocycles. The van der Waals surface area contributed by atoms with Gasteiger partial charge in [-0.3, -0.25) is 0 Å². The van der Waals surface area contributed by atoms with Crippen molar-refractivity contribution in [2.45, 2.75) is 137 Å². The monoisotopic (exact) mass is 1010 g/mol. The van der Waals surface area contributed by atoms with Crippen molar-refractivity contribution < 1.29 is 0 Å². The van der Waals surface area contributed by atoms with Crippen LogP contribution in [0.25, 0.3) is 32.3 Å². The summed E-state index contributed by atoms with van der Waals surface area (Å²) < 4.78 is 1.30. The number of benzene rings is 8. The SMILES string of the molecule is Cc1cc2c3c(c1)N(c1ccc(C(C)(C)C)cc1-c1ccccc1)c1sc4ccccc4c1B3N(c1ccc3c(c1)C(C)(C)CCC3(C)C)c1cc(N(c3ccc(C(C)(C)C)cc3)c3ccc(C(C)(C)C)cc3)ccc1-2. The highest BCUT2D eigenvalue weighted by Crippen LogP contribution is 2.55. The molecule has 0 saturated heterocycles. The van der Waals surface area contributed by atoms with E-state index < -0.39 is 0 Å². The summed E-state index contributed by atoms with van der Waals surface area (Å²) in [5.41, 5.74) is 24.3. The van der Waals surface area contributed by atoms with Crippen LogP contribution >= 0.6 is 11.3 Å². The van der Waals surface area contributed by atoms with E-state index in [9.17, 15) is 0 Å². The van der Waals surface area contributed by atoms with Gasteiger partial charge < -0.3 is 14.6 Å². The third-order valence-electron chi connectivity index (χ3n) is 17.2. The molecule has 0 amide bonds. The van der Waals surface area contributed by atoms with Gasteiger partial charge in [0, 0.05) is 50.0 Å².